The third-order valence-corrected chi connectivity index (χ3v) is 7.05. The highest BCUT2D eigenvalue weighted by molar-refractivity contribution is 6.31. The van der Waals surface area contributed by atoms with Crippen molar-refractivity contribution >= 4 is 29.2 Å². The summed E-state index contributed by atoms with van der Waals surface area (Å²) >= 11 is 6.44. The minimum Gasteiger partial charge on any atom is -0.481 e. The molecule has 2 unspecified atom stereocenters. The quantitative estimate of drug-likeness (QED) is 0.318. The molecule has 0 radical (unpaired) electrons. The summed E-state index contributed by atoms with van der Waals surface area (Å²) in [5.74, 6) is -4.16. The second-order valence-electron chi connectivity index (χ2n) is 8.77. The second-order valence-corrected chi connectivity index (χ2v) is 9.18. The van der Waals surface area contributed by atoms with E-state index in [2.05, 4.69) is 4.74 Å². The molecule has 3 aromatic rings. The number of fused-ring (bicyclic) bond motifs is 1. The molecule has 0 bridgehead atoms. The number of carbonyl (C=O) groups is 2. The first-order valence-electron chi connectivity index (χ1n) is 11.3. The maximum atomic E-state index is 14.6. The predicted molar refractivity (Wildman–Crippen MR) is 132 cm³/mol. The van der Waals surface area contributed by atoms with Crippen LogP contribution in [0.4, 0.5) is 23.2 Å². The Hall–Kier alpha value is -3.63. The maximum absolute atomic E-state index is 14.6. The Bertz CT molecular complexity index is 1430. The molecular formula is C27H22ClF4NO5. The van der Waals surface area contributed by atoms with E-state index in [9.17, 15) is 32.3 Å². The van der Waals surface area contributed by atoms with E-state index in [0.717, 1.165) is 31.1 Å². The van der Waals surface area contributed by atoms with E-state index in [1.54, 1.807) is 0 Å². The van der Waals surface area contributed by atoms with Gasteiger partial charge in [0.05, 0.1) is 12.8 Å². The molecule has 11 heteroatoms. The van der Waals surface area contributed by atoms with Crippen molar-refractivity contribution in [3.05, 3.63) is 82.1 Å². The van der Waals surface area contributed by atoms with E-state index in [1.165, 1.54) is 49.5 Å². The Kier molecular flexibility index (Phi) is 7.15. The van der Waals surface area contributed by atoms with Crippen LogP contribution < -0.4 is 9.64 Å². The number of amides is 1. The average Bonchev–Trinajstić information content (AvgIpc) is 2.88. The number of para-hydroxylation sites is 1. The zero-order valence-electron chi connectivity index (χ0n) is 20.4. The van der Waals surface area contributed by atoms with E-state index >= 15 is 0 Å². The van der Waals surface area contributed by atoms with Crippen molar-refractivity contribution in [2.75, 3.05) is 25.7 Å². The first-order valence-corrected chi connectivity index (χ1v) is 11.7. The van der Waals surface area contributed by atoms with Crippen molar-refractivity contribution < 1.29 is 41.7 Å². The summed E-state index contributed by atoms with van der Waals surface area (Å²) in [6, 6.07) is 11.6. The van der Waals surface area contributed by atoms with Crippen LogP contribution in [-0.4, -0.2) is 43.9 Å². The summed E-state index contributed by atoms with van der Waals surface area (Å²) in [5.41, 5.74) is -4.01. The summed E-state index contributed by atoms with van der Waals surface area (Å²) in [7, 11) is 2.49. The molecule has 200 valence electrons. The molecule has 0 aliphatic carbocycles. The number of methoxy groups -OCH3 is 1. The van der Waals surface area contributed by atoms with Gasteiger partial charge in [0.25, 0.3) is 5.91 Å². The molecule has 4 rings (SSSR count). The van der Waals surface area contributed by atoms with Gasteiger partial charge in [-0.05, 0) is 34.9 Å². The molecule has 0 aromatic heterocycles. The highest BCUT2D eigenvalue weighted by Crippen LogP contribution is 2.54. The van der Waals surface area contributed by atoms with E-state index in [0.29, 0.717) is 0 Å². The molecule has 0 spiro atoms. The number of benzene rings is 3. The number of carbonyl (C=O) groups excluding carboxylic acids is 2. The lowest BCUT2D eigenvalue weighted by atomic mass is 9.76. The standard InChI is InChI=1S/C27H22ClF4NO5/c1-14(16-11-10-15(12-19(16)28)17-6-4-8-20(29)23(17)25(35)37-3)26(36,27(30,31)32)18-7-5-9-21-24(18)38-13-22(34)33(21)2/h4-12,14,36H,13H2,1-3H3. The maximum Gasteiger partial charge on any atom is 0.422 e. The van der Waals surface area contributed by atoms with Gasteiger partial charge in [-0.3, -0.25) is 4.79 Å². The van der Waals surface area contributed by atoms with Crippen LogP contribution in [0.15, 0.2) is 54.6 Å². The number of aliphatic hydroxyl groups is 1. The Morgan fingerprint density at radius 1 is 1.16 bits per heavy atom. The third kappa shape index (κ3) is 4.37. The first-order chi connectivity index (χ1) is 17.8. The molecular weight excluding hydrogens is 530 g/mol. The van der Waals surface area contributed by atoms with Crippen molar-refractivity contribution in [1.29, 1.82) is 0 Å². The number of alkyl halides is 3. The van der Waals surface area contributed by atoms with Crippen LogP contribution in [0, 0.1) is 5.82 Å². The number of esters is 1. The van der Waals surface area contributed by atoms with Gasteiger partial charge in [0.1, 0.15) is 17.1 Å². The summed E-state index contributed by atoms with van der Waals surface area (Å²) in [6.45, 7) is 0.669. The minimum absolute atomic E-state index is 0.0656. The van der Waals surface area contributed by atoms with Crippen LogP contribution in [-0.2, 0) is 15.1 Å². The molecule has 3 aromatic carbocycles. The number of hydrogen-bond acceptors (Lipinski definition) is 5. The number of rotatable bonds is 5. The molecule has 1 amide bonds. The van der Waals surface area contributed by atoms with Crippen LogP contribution in [0.5, 0.6) is 5.75 Å². The van der Waals surface area contributed by atoms with Crippen LogP contribution in [0.3, 0.4) is 0 Å². The van der Waals surface area contributed by atoms with Gasteiger partial charge in [-0.2, -0.15) is 13.2 Å². The Labute approximate surface area is 220 Å². The van der Waals surface area contributed by atoms with Crippen molar-refractivity contribution in [3.8, 4) is 16.9 Å². The molecule has 38 heavy (non-hydrogen) atoms. The third-order valence-electron chi connectivity index (χ3n) is 6.72. The Morgan fingerprint density at radius 3 is 2.47 bits per heavy atom. The molecule has 1 aliphatic rings. The molecule has 1 N–H and O–H groups in total. The topological polar surface area (TPSA) is 76.1 Å². The lowest BCUT2D eigenvalue weighted by Gasteiger charge is -2.39. The van der Waals surface area contributed by atoms with Gasteiger partial charge >= 0.3 is 12.1 Å². The fourth-order valence-corrected chi connectivity index (χ4v) is 4.93. The molecule has 0 fully saturated rings. The molecule has 0 saturated heterocycles. The van der Waals surface area contributed by atoms with Crippen molar-refractivity contribution in [3.63, 3.8) is 0 Å². The zero-order valence-corrected chi connectivity index (χ0v) is 21.2. The van der Waals surface area contributed by atoms with Crippen LogP contribution >= 0.6 is 11.6 Å². The highest BCUT2D eigenvalue weighted by atomic mass is 35.5. The van der Waals surface area contributed by atoms with Gasteiger partial charge < -0.3 is 19.5 Å². The Balaban J connectivity index is 1.84. The molecule has 1 aliphatic heterocycles. The molecule has 2 atom stereocenters. The zero-order chi connectivity index (χ0) is 28.0. The van der Waals surface area contributed by atoms with Gasteiger partial charge in [0, 0.05) is 23.6 Å². The number of anilines is 1. The number of nitrogens with zero attached hydrogens (tertiary/aromatic N) is 1. The molecule has 1 heterocycles. The monoisotopic (exact) mass is 551 g/mol. The summed E-state index contributed by atoms with van der Waals surface area (Å²) in [6.07, 6.45) is -5.19. The van der Waals surface area contributed by atoms with Crippen LogP contribution in [0.1, 0.15) is 34.3 Å². The SMILES string of the molecule is COC(=O)c1c(F)cccc1-c1ccc(C(C)C(O)(c2cccc3c2OCC(=O)N3C)C(F)(F)F)c(Cl)c1. The number of likely N-dealkylation sites (N-methyl/N-ethyl adjacent to an activating group) is 1. The van der Waals surface area contributed by atoms with E-state index in [4.69, 9.17) is 16.3 Å². The minimum atomic E-state index is -5.19. The fourth-order valence-electron chi connectivity index (χ4n) is 4.58. The first kappa shape index (κ1) is 27.4. The van der Waals surface area contributed by atoms with Gasteiger partial charge in [-0.15, -0.1) is 0 Å². The van der Waals surface area contributed by atoms with Crippen LogP contribution in [0.2, 0.25) is 5.02 Å². The lowest BCUT2D eigenvalue weighted by molar-refractivity contribution is -0.275. The van der Waals surface area contributed by atoms with Crippen molar-refractivity contribution in [2.24, 2.45) is 0 Å². The average molecular weight is 552 g/mol. The van der Waals surface area contributed by atoms with Gasteiger partial charge in [-0.1, -0.05) is 54.9 Å². The number of halogens is 5. The highest BCUT2D eigenvalue weighted by Gasteiger charge is 2.60. The van der Waals surface area contributed by atoms with Gasteiger partial charge in [0.2, 0.25) is 0 Å². The van der Waals surface area contributed by atoms with Gasteiger partial charge in [-0.25, -0.2) is 9.18 Å². The normalized spacial score (nSPS) is 15.8. The summed E-state index contributed by atoms with van der Waals surface area (Å²) < 4.78 is 68.4. The van der Waals surface area contributed by atoms with E-state index < -0.39 is 47.6 Å². The number of ether oxygens (including phenoxy) is 2. The van der Waals surface area contributed by atoms with Crippen molar-refractivity contribution in [1.82, 2.24) is 0 Å². The van der Waals surface area contributed by atoms with Crippen LogP contribution in [0.25, 0.3) is 11.1 Å². The van der Waals surface area contributed by atoms with Gasteiger partial charge in [0.15, 0.2) is 12.2 Å². The molecule has 0 saturated carbocycles. The predicted octanol–water partition coefficient (Wildman–Crippen LogP) is 5.84. The van der Waals surface area contributed by atoms with E-state index in [-0.39, 0.29) is 38.7 Å². The Morgan fingerprint density at radius 2 is 1.84 bits per heavy atom. The molecule has 6 nitrogen and oxygen atoms in total. The smallest absolute Gasteiger partial charge is 0.422 e. The summed E-state index contributed by atoms with van der Waals surface area (Å²) in [4.78, 5) is 25.3. The van der Waals surface area contributed by atoms with E-state index in [1.807, 2.05) is 0 Å². The fraction of sp³-hybridized carbons (Fsp3) is 0.259. The summed E-state index contributed by atoms with van der Waals surface area (Å²) in [5, 5.41) is 11.2. The second kappa shape index (κ2) is 9.92. The largest absolute Gasteiger partial charge is 0.481 e. The van der Waals surface area contributed by atoms with Crippen molar-refractivity contribution in [2.45, 2.75) is 24.6 Å². The lowest BCUT2D eigenvalue weighted by Crippen LogP contribution is -2.47. The number of hydrogen-bond donors (Lipinski definition) is 1.